The Kier molecular flexibility index (Phi) is 3.27. The third-order valence-electron chi connectivity index (χ3n) is 2.32. The first-order chi connectivity index (χ1) is 6.01. The van der Waals surface area contributed by atoms with Gasteiger partial charge in [-0.05, 0) is 25.9 Å². The van der Waals surface area contributed by atoms with Crippen molar-refractivity contribution in [2.75, 3.05) is 19.6 Å². The van der Waals surface area contributed by atoms with Crippen molar-refractivity contribution in [2.24, 2.45) is 5.92 Å². The predicted octanol–water partition coefficient (Wildman–Crippen LogP) is 1.99. The number of alkyl halides is 2. The first-order valence-corrected chi connectivity index (χ1v) is 4.57. The smallest absolute Gasteiger partial charge is 0.257 e. The number of halogens is 2. The van der Waals surface area contributed by atoms with Gasteiger partial charge in [-0.1, -0.05) is 0 Å². The molecule has 0 spiro atoms. The van der Waals surface area contributed by atoms with Gasteiger partial charge in [-0.3, -0.25) is 4.90 Å². The Hall–Kier alpha value is -0.620. The molecule has 0 unspecified atom stereocenters. The summed E-state index contributed by atoms with van der Waals surface area (Å²) in [5, 5.41) is 0. The second-order valence-electron chi connectivity index (χ2n) is 3.79. The van der Waals surface area contributed by atoms with E-state index in [9.17, 15) is 8.78 Å². The van der Waals surface area contributed by atoms with E-state index in [1.807, 2.05) is 0 Å². The van der Waals surface area contributed by atoms with E-state index in [0.29, 0.717) is 19.0 Å². The monoisotopic (exact) mass is 187 g/mol. The van der Waals surface area contributed by atoms with Crippen molar-refractivity contribution in [3.8, 4) is 12.3 Å². The van der Waals surface area contributed by atoms with Crippen LogP contribution in [0.1, 0.15) is 19.8 Å². The molecule has 0 bridgehead atoms. The fraction of sp³-hybridized carbons (Fsp3) is 0.800. The van der Waals surface area contributed by atoms with Gasteiger partial charge >= 0.3 is 0 Å². The molecule has 0 aromatic heterocycles. The molecule has 3 heteroatoms. The van der Waals surface area contributed by atoms with Crippen molar-refractivity contribution in [3.05, 3.63) is 0 Å². The number of terminal acetylenes is 1. The van der Waals surface area contributed by atoms with Gasteiger partial charge in [0.05, 0.1) is 6.54 Å². The molecule has 0 aromatic rings. The summed E-state index contributed by atoms with van der Waals surface area (Å²) in [6.45, 7) is 2.24. The van der Waals surface area contributed by atoms with Crippen LogP contribution in [0.15, 0.2) is 0 Å². The molecule has 74 valence electrons. The van der Waals surface area contributed by atoms with E-state index in [0.717, 1.165) is 19.8 Å². The number of nitrogens with zero attached hydrogens (tertiary/aromatic N) is 1. The van der Waals surface area contributed by atoms with Gasteiger partial charge in [0.2, 0.25) is 0 Å². The molecule has 1 fully saturated rings. The molecular weight excluding hydrogens is 172 g/mol. The standard InChI is InChI=1S/C10H15F2N/c1-3-9-4-6-13(7-5-9)8-10(2,11)12/h1,9H,4-8H2,2H3. The summed E-state index contributed by atoms with van der Waals surface area (Å²) in [6, 6.07) is 0. The van der Waals surface area contributed by atoms with E-state index >= 15 is 0 Å². The van der Waals surface area contributed by atoms with Crippen LogP contribution in [0.5, 0.6) is 0 Å². The lowest BCUT2D eigenvalue weighted by Gasteiger charge is -2.31. The Balaban J connectivity index is 2.30. The Morgan fingerprint density at radius 1 is 1.46 bits per heavy atom. The van der Waals surface area contributed by atoms with Crippen molar-refractivity contribution < 1.29 is 8.78 Å². The van der Waals surface area contributed by atoms with Crippen molar-refractivity contribution in [1.82, 2.24) is 4.90 Å². The van der Waals surface area contributed by atoms with Crippen LogP contribution in [0.25, 0.3) is 0 Å². The molecule has 0 amide bonds. The lowest BCUT2D eigenvalue weighted by Crippen LogP contribution is -2.40. The van der Waals surface area contributed by atoms with Gasteiger partial charge in [0, 0.05) is 12.8 Å². The first-order valence-electron chi connectivity index (χ1n) is 4.57. The molecule has 0 aromatic carbocycles. The molecule has 1 aliphatic rings. The average Bonchev–Trinajstić information content (AvgIpc) is 2.03. The summed E-state index contributed by atoms with van der Waals surface area (Å²) in [7, 11) is 0. The minimum absolute atomic E-state index is 0.135. The molecule has 1 heterocycles. The van der Waals surface area contributed by atoms with Crippen molar-refractivity contribution in [1.29, 1.82) is 0 Å². The summed E-state index contributed by atoms with van der Waals surface area (Å²) in [6.07, 6.45) is 6.97. The Morgan fingerprint density at radius 2 is 2.00 bits per heavy atom. The molecule has 1 rings (SSSR count). The lowest BCUT2D eigenvalue weighted by molar-refractivity contribution is -0.0205. The Morgan fingerprint density at radius 3 is 2.38 bits per heavy atom. The molecular formula is C10H15F2N. The molecule has 1 saturated heterocycles. The third kappa shape index (κ3) is 3.73. The molecule has 0 N–H and O–H groups in total. The van der Waals surface area contributed by atoms with Crippen LogP contribution in [0.2, 0.25) is 0 Å². The summed E-state index contributed by atoms with van der Waals surface area (Å²) < 4.78 is 25.2. The van der Waals surface area contributed by atoms with Crippen LogP contribution >= 0.6 is 0 Å². The van der Waals surface area contributed by atoms with Gasteiger partial charge in [0.15, 0.2) is 0 Å². The van der Waals surface area contributed by atoms with Crippen molar-refractivity contribution in [3.63, 3.8) is 0 Å². The molecule has 0 radical (unpaired) electrons. The average molecular weight is 187 g/mol. The summed E-state index contributed by atoms with van der Waals surface area (Å²) in [5.74, 6) is 0.386. The number of hydrogen-bond acceptors (Lipinski definition) is 1. The van der Waals surface area contributed by atoms with Crippen LogP contribution in [-0.4, -0.2) is 30.5 Å². The largest absolute Gasteiger partial charge is 0.297 e. The fourth-order valence-electron chi connectivity index (χ4n) is 1.65. The minimum Gasteiger partial charge on any atom is -0.297 e. The van der Waals surface area contributed by atoms with Crippen molar-refractivity contribution in [2.45, 2.75) is 25.7 Å². The maximum Gasteiger partial charge on any atom is 0.257 e. The highest BCUT2D eigenvalue weighted by atomic mass is 19.3. The van der Waals surface area contributed by atoms with Crippen LogP contribution in [0.3, 0.4) is 0 Å². The summed E-state index contributed by atoms with van der Waals surface area (Å²) >= 11 is 0. The highest BCUT2D eigenvalue weighted by Gasteiger charge is 2.27. The lowest BCUT2D eigenvalue weighted by atomic mass is 9.98. The van der Waals surface area contributed by atoms with Gasteiger partial charge in [0.1, 0.15) is 0 Å². The topological polar surface area (TPSA) is 3.24 Å². The van der Waals surface area contributed by atoms with E-state index in [4.69, 9.17) is 6.42 Å². The second-order valence-corrected chi connectivity index (χ2v) is 3.79. The van der Waals surface area contributed by atoms with Crippen LogP contribution in [0, 0.1) is 18.3 Å². The van der Waals surface area contributed by atoms with E-state index in [2.05, 4.69) is 5.92 Å². The summed E-state index contributed by atoms with van der Waals surface area (Å²) in [4.78, 5) is 1.79. The number of rotatable bonds is 2. The van der Waals surface area contributed by atoms with Gasteiger partial charge in [0.25, 0.3) is 5.92 Å². The first kappa shape index (κ1) is 10.5. The van der Waals surface area contributed by atoms with Gasteiger partial charge in [-0.15, -0.1) is 12.3 Å². The van der Waals surface area contributed by atoms with Gasteiger partial charge in [-0.2, -0.15) is 0 Å². The molecule has 0 atom stereocenters. The zero-order chi connectivity index (χ0) is 9.90. The predicted molar refractivity (Wildman–Crippen MR) is 48.6 cm³/mol. The quantitative estimate of drug-likeness (QED) is 0.597. The van der Waals surface area contributed by atoms with Crippen LogP contribution in [-0.2, 0) is 0 Å². The molecule has 1 aliphatic heterocycles. The van der Waals surface area contributed by atoms with E-state index in [-0.39, 0.29) is 6.54 Å². The normalized spacial score (nSPS) is 21.4. The van der Waals surface area contributed by atoms with Crippen LogP contribution in [0.4, 0.5) is 8.78 Å². The van der Waals surface area contributed by atoms with Crippen molar-refractivity contribution >= 4 is 0 Å². The maximum absolute atomic E-state index is 12.6. The van der Waals surface area contributed by atoms with E-state index < -0.39 is 5.92 Å². The number of likely N-dealkylation sites (tertiary alicyclic amines) is 1. The van der Waals surface area contributed by atoms with Gasteiger partial charge < -0.3 is 0 Å². The van der Waals surface area contributed by atoms with Crippen LogP contribution < -0.4 is 0 Å². The number of piperidine rings is 1. The molecule has 1 nitrogen and oxygen atoms in total. The SMILES string of the molecule is C#CC1CCN(CC(C)(F)F)CC1. The highest BCUT2D eigenvalue weighted by Crippen LogP contribution is 2.20. The molecule has 0 saturated carbocycles. The third-order valence-corrected chi connectivity index (χ3v) is 2.32. The maximum atomic E-state index is 12.6. The zero-order valence-corrected chi connectivity index (χ0v) is 7.89. The Bertz CT molecular complexity index is 194. The fourth-order valence-corrected chi connectivity index (χ4v) is 1.65. The van der Waals surface area contributed by atoms with Gasteiger partial charge in [-0.25, -0.2) is 8.78 Å². The van der Waals surface area contributed by atoms with E-state index in [1.165, 1.54) is 0 Å². The Labute approximate surface area is 78.1 Å². The molecule has 13 heavy (non-hydrogen) atoms. The highest BCUT2D eigenvalue weighted by molar-refractivity contribution is 4.95. The molecule has 0 aliphatic carbocycles. The zero-order valence-electron chi connectivity index (χ0n) is 7.89. The minimum atomic E-state index is -2.58. The summed E-state index contributed by atoms with van der Waals surface area (Å²) in [5.41, 5.74) is 0. The number of hydrogen-bond donors (Lipinski definition) is 0. The van der Waals surface area contributed by atoms with E-state index in [1.54, 1.807) is 4.90 Å². The second kappa shape index (κ2) is 4.06.